The number of amides is 1. The standard InChI is InChI=1S/C19H20N6O/c1-23(2)18(26)16-8-9-20-19(21-16)24-11-15-12-25(22-17(15)13-24)10-14-6-4-3-5-7-14/h3-9,12H,10-11,13H2,1-2H3. The molecule has 3 heterocycles. The van der Waals surface area contributed by atoms with Crippen LogP contribution in [-0.4, -0.2) is 44.7 Å². The summed E-state index contributed by atoms with van der Waals surface area (Å²) in [5, 5.41) is 4.69. The minimum atomic E-state index is -0.126. The molecule has 1 amide bonds. The second-order valence-corrected chi connectivity index (χ2v) is 6.58. The maximum absolute atomic E-state index is 12.1. The van der Waals surface area contributed by atoms with Crippen LogP contribution in [0.25, 0.3) is 0 Å². The highest BCUT2D eigenvalue weighted by Gasteiger charge is 2.25. The molecule has 0 atom stereocenters. The summed E-state index contributed by atoms with van der Waals surface area (Å²) in [7, 11) is 3.43. The molecule has 0 aliphatic carbocycles. The van der Waals surface area contributed by atoms with E-state index in [-0.39, 0.29) is 5.91 Å². The van der Waals surface area contributed by atoms with Crippen molar-refractivity contribution in [3.63, 3.8) is 0 Å². The van der Waals surface area contributed by atoms with Crippen molar-refractivity contribution in [2.45, 2.75) is 19.6 Å². The van der Waals surface area contributed by atoms with Crippen molar-refractivity contribution in [1.29, 1.82) is 0 Å². The molecule has 3 aromatic rings. The number of aromatic nitrogens is 4. The van der Waals surface area contributed by atoms with Crippen LogP contribution in [0.5, 0.6) is 0 Å². The van der Waals surface area contributed by atoms with Gasteiger partial charge in [-0.15, -0.1) is 0 Å². The Kier molecular flexibility index (Phi) is 4.12. The van der Waals surface area contributed by atoms with Gasteiger partial charge in [0, 0.05) is 38.6 Å². The molecule has 0 N–H and O–H groups in total. The highest BCUT2D eigenvalue weighted by Crippen LogP contribution is 2.25. The van der Waals surface area contributed by atoms with E-state index < -0.39 is 0 Å². The van der Waals surface area contributed by atoms with Gasteiger partial charge >= 0.3 is 0 Å². The van der Waals surface area contributed by atoms with Crippen LogP contribution in [-0.2, 0) is 19.6 Å². The maximum Gasteiger partial charge on any atom is 0.272 e. The number of rotatable bonds is 4. The van der Waals surface area contributed by atoms with Crippen molar-refractivity contribution in [2.75, 3.05) is 19.0 Å². The van der Waals surface area contributed by atoms with Crippen LogP contribution < -0.4 is 4.90 Å². The summed E-state index contributed by atoms with van der Waals surface area (Å²) in [5.41, 5.74) is 3.84. The van der Waals surface area contributed by atoms with E-state index in [1.54, 1.807) is 26.4 Å². The molecule has 0 saturated heterocycles. The molecule has 0 radical (unpaired) electrons. The number of carbonyl (C=O) groups is 1. The molecule has 1 aliphatic rings. The zero-order valence-corrected chi connectivity index (χ0v) is 14.8. The van der Waals surface area contributed by atoms with Gasteiger partial charge in [-0.25, -0.2) is 9.97 Å². The van der Waals surface area contributed by atoms with Crippen LogP contribution in [0.2, 0.25) is 0 Å². The van der Waals surface area contributed by atoms with Gasteiger partial charge in [-0.05, 0) is 11.6 Å². The Hall–Kier alpha value is -3.22. The molecule has 0 bridgehead atoms. The summed E-state index contributed by atoms with van der Waals surface area (Å²) in [4.78, 5) is 24.4. The van der Waals surface area contributed by atoms with E-state index in [1.165, 1.54) is 16.0 Å². The molecule has 0 unspecified atom stereocenters. The fraction of sp³-hybridized carbons (Fsp3) is 0.263. The molecule has 132 valence electrons. The zero-order valence-electron chi connectivity index (χ0n) is 14.8. The van der Waals surface area contributed by atoms with Gasteiger partial charge in [-0.3, -0.25) is 9.48 Å². The van der Waals surface area contributed by atoms with Crippen LogP contribution in [0.3, 0.4) is 0 Å². The number of hydrogen-bond acceptors (Lipinski definition) is 5. The van der Waals surface area contributed by atoms with Gasteiger partial charge in [0.15, 0.2) is 0 Å². The number of anilines is 1. The van der Waals surface area contributed by atoms with Crippen molar-refractivity contribution in [3.05, 3.63) is 71.3 Å². The summed E-state index contributed by atoms with van der Waals surface area (Å²) in [6.45, 7) is 2.11. The van der Waals surface area contributed by atoms with Gasteiger partial charge in [0.2, 0.25) is 5.95 Å². The van der Waals surface area contributed by atoms with E-state index in [2.05, 4.69) is 28.3 Å². The lowest BCUT2D eigenvalue weighted by atomic mass is 10.2. The SMILES string of the molecule is CN(C)C(=O)c1ccnc(N2Cc3cn(Cc4ccccc4)nc3C2)n1. The molecule has 4 rings (SSSR count). The van der Waals surface area contributed by atoms with Crippen LogP contribution in [0.1, 0.15) is 27.3 Å². The van der Waals surface area contributed by atoms with Crippen molar-refractivity contribution in [2.24, 2.45) is 0 Å². The van der Waals surface area contributed by atoms with Gasteiger partial charge in [0.25, 0.3) is 5.91 Å². The third kappa shape index (κ3) is 3.15. The summed E-state index contributed by atoms with van der Waals surface area (Å²) in [6, 6.07) is 11.9. The van der Waals surface area contributed by atoms with Crippen LogP contribution in [0.15, 0.2) is 48.8 Å². The van der Waals surface area contributed by atoms with Crippen LogP contribution >= 0.6 is 0 Å². The first-order valence-corrected chi connectivity index (χ1v) is 8.49. The first-order valence-electron chi connectivity index (χ1n) is 8.49. The van der Waals surface area contributed by atoms with Crippen molar-refractivity contribution >= 4 is 11.9 Å². The Morgan fingerprint density at radius 2 is 1.96 bits per heavy atom. The Morgan fingerprint density at radius 3 is 2.69 bits per heavy atom. The maximum atomic E-state index is 12.1. The zero-order chi connectivity index (χ0) is 18.1. The van der Waals surface area contributed by atoms with Gasteiger partial charge in [-0.2, -0.15) is 5.10 Å². The summed E-state index contributed by atoms with van der Waals surface area (Å²) in [6.07, 6.45) is 3.71. The lowest BCUT2D eigenvalue weighted by Gasteiger charge is -2.17. The van der Waals surface area contributed by atoms with Crippen molar-refractivity contribution in [1.82, 2.24) is 24.6 Å². The summed E-state index contributed by atoms with van der Waals surface area (Å²) in [5.74, 6) is 0.434. The van der Waals surface area contributed by atoms with Gasteiger partial charge in [-0.1, -0.05) is 30.3 Å². The Bertz CT molecular complexity index is 911. The number of fused-ring (bicyclic) bond motifs is 1. The normalized spacial score (nSPS) is 12.9. The fourth-order valence-electron chi connectivity index (χ4n) is 3.05. The molecule has 0 saturated carbocycles. The molecule has 0 spiro atoms. The van der Waals surface area contributed by atoms with E-state index in [0.717, 1.165) is 12.2 Å². The lowest BCUT2D eigenvalue weighted by molar-refractivity contribution is 0.0822. The highest BCUT2D eigenvalue weighted by molar-refractivity contribution is 5.92. The Balaban J connectivity index is 1.49. The molecular formula is C19H20N6O. The monoisotopic (exact) mass is 348 g/mol. The Labute approximate surface area is 151 Å². The molecular weight excluding hydrogens is 328 g/mol. The fourth-order valence-corrected chi connectivity index (χ4v) is 3.05. The molecule has 7 heteroatoms. The minimum Gasteiger partial charge on any atom is -0.343 e. The molecule has 2 aromatic heterocycles. The topological polar surface area (TPSA) is 67.2 Å². The second kappa shape index (κ2) is 6.59. The summed E-state index contributed by atoms with van der Waals surface area (Å²) < 4.78 is 1.98. The smallest absolute Gasteiger partial charge is 0.272 e. The number of nitrogens with zero attached hydrogens (tertiary/aromatic N) is 6. The van der Waals surface area contributed by atoms with E-state index in [9.17, 15) is 4.79 Å². The predicted molar refractivity (Wildman–Crippen MR) is 97.7 cm³/mol. The number of hydrogen-bond donors (Lipinski definition) is 0. The summed E-state index contributed by atoms with van der Waals surface area (Å²) >= 11 is 0. The molecule has 1 aliphatic heterocycles. The van der Waals surface area contributed by atoms with Gasteiger partial charge < -0.3 is 9.80 Å². The minimum absolute atomic E-state index is 0.126. The molecule has 7 nitrogen and oxygen atoms in total. The highest BCUT2D eigenvalue weighted by atomic mass is 16.2. The molecule has 1 aromatic carbocycles. The van der Waals surface area contributed by atoms with E-state index in [1.807, 2.05) is 27.8 Å². The number of carbonyl (C=O) groups excluding carboxylic acids is 1. The lowest BCUT2D eigenvalue weighted by Crippen LogP contribution is -2.25. The molecule has 0 fully saturated rings. The third-order valence-corrected chi connectivity index (χ3v) is 4.36. The first kappa shape index (κ1) is 16.3. The van der Waals surface area contributed by atoms with Crippen LogP contribution in [0, 0.1) is 0 Å². The molecule has 26 heavy (non-hydrogen) atoms. The van der Waals surface area contributed by atoms with Crippen molar-refractivity contribution < 1.29 is 4.79 Å². The van der Waals surface area contributed by atoms with E-state index in [4.69, 9.17) is 5.10 Å². The van der Waals surface area contributed by atoms with Gasteiger partial charge in [0.05, 0.1) is 18.8 Å². The largest absolute Gasteiger partial charge is 0.343 e. The quantitative estimate of drug-likeness (QED) is 0.721. The third-order valence-electron chi connectivity index (χ3n) is 4.36. The number of benzene rings is 1. The van der Waals surface area contributed by atoms with Gasteiger partial charge in [0.1, 0.15) is 5.69 Å². The Morgan fingerprint density at radius 1 is 1.15 bits per heavy atom. The predicted octanol–water partition coefficient (Wildman–Crippen LogP) is 1.94. The van der Waals surface area contributed by atoms with E-state index >= 15 is 0 Å². The first-order chi connectivity index (χ1) is 12.6. The second-order valence-electron chi connectivity index (χ2n) is 6.58. The van der Waals surface area contributed by atoms with Crippen molar-refractivity contribution in [3.8, 4) is 0 Å². The average molecular weight is 348 g/mol. The average Bonchev–Trinajstić information content (AvgIpc) is 3.20. The van der Waals surface area contributed by atoms with Crippen LogP contribution in [0.4, 0.5) is 5.95 Å². The van der Waals surface area contributed by atoms with E-state index in [0.29, 0.717) is 24.7 Å².